The number of carboxylic acid groups (broad SMARTS) is 1. The molecule has 0 radical (unpaired) electrons. The lowest BCUT2D eigenvalue weighted by Gasteiger charge is -2.20. The predicted octanol–water partition coefficient (Wildman–Crippen LogP) is 2.95. The van der Waals surface area contributed by atoms with Crippen molar-refractivity contribution < 1.29 is 14.3 Å². The molecule has 0 saturated heterocycles. The standard InChI is InChI=1S/C16H15FN2O2/c1-19(11-13-6-8-18-9-7-13)15-4-2-12(10-14(15)17)3-5-16(20)21/h2-10H,11H2,1H3,(H,20,21)/b5-3+. The summed E-state index contributed by atoms with van der Waals surface area (Å²) in [5.74, 6) is -1.45. The Morgan fingerprint density at radius 3 is 2.67 bits per heavy atom. The molecule has 0 atom stereocenters. The highest BCUT2D eigenvalue weighted by molar-refractivity contribution is 5.85. The number of anilines is 1. The van der Waals surface area contributed by atoms with E-state index in [4.69, 9.17) is 5.11 Å². The number of aromatic nitrogens is 1. The van der Waals surface area contributed by atoms with Gasteiger partial charge < -0.3 is 10.0 Å². The summed E-state index contributed by atoms with van der Waals surface area (Å²) < 4.78 is 14.1. The summed E-state index contributed by atoms with van der Waals surface area (Å²) in [5, 5.41) is 8.56. The van der Waals surface area contributed by atoms with Gasteiger partial charge >= 0.3 is 5.97 Å². The number of benzene rings is 1. The Morgan fingerprint density at radius 2 is 2.05 bits per heavy atom. The fraction of sp³-hybridized carbons (Fsp3) is 0.125. The first kappa shape index (κ1) is 14.7. The third kappa shape index (κ3) is 4.14. The summed E-state index contributed by atoms with van der Waals surface area (Å²) in [6.45, 7) is 0.559. The number of nitrogens with zero attached hydrogens (tertiary/aromatic N) is 2. The van der Waals surface area contributed by atoms with Crippen molar-refractivity contribution in [3.8, 4) is 0 Å². The fourth-order valence-electron chi connectivity index (χ4n) is 1.95. The fourth-order valence-corrected chi connectivity index (χ4v) is 1.95. The third-order valence-electron chi connectivity index (χ3n) is 2.97. The third-order valence-corrected chi connectivity index (χ3v) is 2.97. The van der Waals surface area contributed by atoms with Crippen molar-refractivity contribution in [3.05, 3.63) is 65.7 Å². The topological polar surface area (TPSA) is 53.4 Å². The molecule has 0 aliphatic rings. The lowest BCUT2D eigenvalue weighted by atomic mass is 10.1. The number of aliphatic carboxylic acids is 1. The summed E-state index contributed by atoms with van der Waals surface area (Å²) in [5.41, 5.74) is 2.00. The van der Waals surface area contributed by atoms with Crippen molar-refractivity contribution >= 4 is 17.7 Å². The van der Waals surface area contributed by atoms with Crippen LogP contribution in [0.2, 0.25) is 0 Å². The van der Waals surface area contributed by atoms with Crippen molar-refractivity contribution in [2.75, 3.05) is 11.9 Å². The van der Waals surface area contributed by atoms with Gasteiger partial charge in [0.05, 0.1) is 5.69 Å². The Morgan fingerprint density at radius 1 is 1.33 bits per heavy atom. The second-order valence-corrected chi connectivity index (χ2v) is 4.59. The van der Waals surface area contributed by atoms with E-state index in [1.807, 2.05) is 12.1 Å². The van der Waals surface area contributed by atoms with Crippen LogP contribution >= 0.6 is 0 Å². The minimum absolute atomic E-state index is 0.390. The van der Waals surface area contributed by atoms with Crippen molar-refractivity contribution in [2.45, 2.75) is 6.54 Å². The zero-order valence-electron chi connectivity index (χ0n) is 11.5. The van der Waals surface area contributed by atoms with Crippen LogP contribution in [0, 0.1) is 5.82 Å². The first-order valence-electron chi connectivity index (χ1n) is 6.37. The zero-order valence-corrected chi connectivity index (χ0v) is 11.5. The van der Waals surface area contributed by atoms with Gasteiger partial charge in [-0.25, -0.2) is 9.18 Å². The molecule has 0 amide bonds. The number of halogens is 1. The molecule has 0 spiro atoms. The van der Waals surface area contributed by atoms with Gasteiger partial charge in [-0.3, -0.25) is 4.98 Å². The maximum atomic E-state index is 14.1. The van der Waals surface area contributed by atoms with E-state index in [1.165, 1.54) is 12.1 Å². The van der Waals surface area contributed by atoms with E-state index in [0.29, 0.717) is 17.8 Å². The quantitative estimate of drug-likeness (QED) is 0.859. The van der Waals surface area contributed by atoms with Gasteiger partial charge in [0.1, 0.15) is 5.82 Å². The van der Waals surface area contributed by atoms with Crippen molar-refractivity contribution in [2.24, 2.45) is 0 Å². The number of hydrogen-bond acceptors (Lipinski definition) is 3. The minimum Gasteiger partial charge on any atom is -0.478 e. The Bertz CT molecular complexity index is 657. The van der Waals surface area contributed by atoms with Crippen molar-refractivity contribution in [3.63, 3.8) is 0 Å². The lowest BCUT2D eigenvalue weighted by molar-refractivity contribution is -0.131. The van der Waals surface area contributed by atoms with E-state index in [2.05, 4.69) is 4.98 Å². The molecule has 1 N–H and O–H groups in total. The van der Waals surface area contributed by atoms with Gasteiger partial charge in [0.2, 0.25) is 0 Å². The van der Waals surface area contributed by atoms with Gasteiger partial charge in [-0.2, -0.15) is 0 Å². The SMILES string of the molecule is CN(Cc1ccncc1)c1ccc(/C=C/C(=O)O)cc1F. The molecule has 0 bridgehead atoms. The smallest absolute Gasteiger partial charge is 0.328 e. The average Bonchev–Trinajstić information content (AvgIpc) is 2.46. The van der Waals surface area contributed by atoms with E-state index in [0.717, 1.165) is 11.6 Å². The van der Waals surface area contributed by atoms with Gasteiger partial charge in [0.25, 0.3) is 0 Å². The zero-order chi connectivity index (χ0) is 15.2. The summed E-state index contributed by atoms with van der Waals surface area (Å²) in [6.07, 6.45) is 5.73. The summed E-state index contributed by atoms with van der Waals surface area (Å²) in [6, 6.07) is 8.38. The highest BCUT2D eigenvalue weighted by Gasteiger charge is 2.08. The van der Waals surface area contributed by atoms with Crippen molar-refractivity contribution in [1.29, 1.82) is 0 Å². The molecule has 5 heteroatoms. The largest absolute Gasteiger partial charge is 0.478 e. The van der Waals surface area contributed by atoms with Crippen LogP contribution < -0.4 is 4.90 Å². The van der Waals surface area contributed by atoms with Crippen molar-refractivity contribution in [1.82, 2.24) is 4.98 Å². The normalized spacial score (nSPS) is 10.8. The molecular formula is C16H15FN2O2. The number of carbonyl (C=O) groups is 1. The number of carboxylic acids is 1. The molecule has 2 aromatic rings. The van der Waals surface area contributed by atoms with Crippen LogP contribution in [0.25, 0.3) is 6.08 Å². The average molecular weight is 286 g/mol. The van der Waals surface area contributed by atoms with E-state index in [-0.39, 0.29) is 5.82 Å². The Hall–Kier alpha value is -2.69. The van der Waals surface area contributed by atoms with Gasteiger partial charge in [-0.1, -0.05) is 6.07 Å². The summed E-state index contributed by atoms with van der Waals surface area (Å²) in [7, 11) is 1.80. The number of rotatable bonds is 5. The molecule has 0 aliphatic carbocycles. The van der Waals surface area contributed by atoms with E-state index >= 15 is 0 Å². The van der Waals surface area contributed by atoms with Crippen LogP contribution in [-0.4, -0.2) is 23.1 Å². The molecule has 1 heterocycles. The Kier molecular flexibility index (Phi) is 4.66. The highest BCUT2D eigenvalue weighted by Crippen LogP contribution is 2.21. The molecule has 0 fully saturated rings. The van der Waals surface area contributed by atoms with Gasteiger partial charge in [-0.05, 0) is 41.5 Å². The maximum Gasteiger partial charge on any atom is 0.328 e. The van der Waals surface area contributed by atoms with E-state index in [9.17, 15) is 9.18 Å². The minimum atomic E-state index is -1.06. The Labute approximate surface area is 122 Å². The molecule has 4 nitrogen and oxygen atoms in total. The number of hydrogen-bond donors (Lipinski definition) is 1. The number of pyridine rings is 1. The second-order valence-electron chi connectivity index (χ2n) is 4.59. The van der Waals surface area contributed by atoms with Crippen LogP contribution in [0.4, 0.5) is 10.1 Å². The van der Waals surface area contributed by atoms with Crippen LogP contribution in [-0.2, 0) is 11.3 Å². The second kappa shape index (κ2) is 6.65. The molecule has 2 rings (SSSR count). The first-order chi connectivity index (χ1) is 10.1. The molecule has 0 unspecified atom stereocenters. The monoisotopic (exact) mass is 286 g/mol. The van der Waals surface area contributed by atoms with Crippen LogP contribution in [0.15, 0.2) is 48.8 Å². The van der Waals surface area contributed by atoms with Crippen LogP contribution in [0.5, 0.6) is 0 Å². The molecule has 1 aromatic heterocycles. The van der Waals surface area contributed by atoms with E-state index < -0.39 is 5.97 Å². The molecule has 108 valence electrons. The van der Waals surface area contributed by atoms with Crippen LogP contribution in [0.1, 0.15) is 11.1 Å². The van der Waals surface area contributed by atoms with Gasteiger partial charge in [0.15, 0.2) is 0 Å². The molecule has 21 heavy (non-hydrogen) atoms. The van der Waals surface area contributed by atoms with Gasteiger partial charge in [0, 0.05) is 32.1 Å². The summed E-state index contributed by atoms with van der Waals surface area (Å²) >= 11 is 0. The first-order valence-corrected chi connectivity index (χ1v) is 6.37. The van der Waals surface area contributed by atoms with Gasteiger partial charge in [-0.15, -0.1) is 0 Å². The predicted molar refractivity (Wildman–Crippen MR) is 79.4 cm³/mol. The summed E-state index contributed by atoms with van der Waals surface area (Å²) in [4.78, 5) is 16.2. The van der Waals surface area contributed by atoms with E-state index in [1.54, 1.807) is 36.5 Å². The molecule has 0 saturated carbocycles. The Balaban J connectivity index is 2.15. The molecule has 0 aliphatic heterocycles. The molecule has 1 aromatic carbocycles. The molecular weight excluding hydrogens is 271 g/mol. The highest BCUT2D eigenvalue weighted by atomic mass is 19.1. The van der Waals surface area contributed by atoms with Crippen LogP contribution in [0.3, 0.4) is 0 Å². The maximum absolute atomic E-state index is 14.1. The lowest BCUT2D eigenvalue weighted by Crippen LogP contribution is -2.17.